The number of rotatable bonds is 3. The van der Waals surface area contributed by atoms with Crippen molar-refractivity contribution >= 4 is 12.0 Å². The number of hydrogen-bond acceptors (Lipinski definition) is 7. The van der Waals surface area contributed by atoms with Crippen molar-refractivity contribution in [2.45, 2.75) is 31.1 Å². The number of urea groups is 1. The average molecular weight is 358 g/mol. The highest BCUT2D eigenvalue weighted by molar-refractivity contribution is 5.75. The molecule has 1 saturated carbocycles. The molecule has 2 saturated heterocycles. The number of piperazine rings is 1. The summed E-state index contributed by atoms with van der Waals surface area (Å²) in [5.74, 6) is 1.62. The molecule has 4 heterocycles. The van der Waals surface area contributed by atoms with Gasteiger partial charge < -0.3 is 19.2 Å². The number of likely N-dealkylation sites (tertiary alicyclic amines) is 1. The molecule has 10 heteroatoms. The number of aromatic amines is 1. The van der Waals surface area contributed by atoms with Crippen molar-refractivity contribution in [3.05, 3.63) is 17.7 Å². The number of carbonyl (C=O) groups excluding carboxylic acids is 1. The van der Waals surface area contributed by atoms with Crippen LogP contribution in [0.5, 0.6) is 0 Å². The Morgan fingerprint density at radius 3 is 2.65 bits per heavy atom. The topological polar surface area (TPSA) is 107 Å². The van der Waals surface area contributed by atoms with E-state index in [4.69, 9.17) is 4.52 Å². The molecule has 1 N–H and O–H groups in total. The molecule has 0 radical (unpaired) electrons. The SMILES string of the molecule is O=C(N1CCN(c2nc(C3CC3)no2)CC1)N1CC[C@H](c2cnn[nH]2)C1. The fraction of sp³-hybridized carbons (Fsp3) is 0.688. The molecule has 0 spiro atoms. The highest BCUT2D eigenvalue weighted by Gasteiger charge is 2.34. The molecular formula is C16H22N8O2. The van der Waals surface area contributed by atoms with Crippen LogP contribution in [0.25, 0.3) is 0 Å². The van der Waals surface area contributed by atoms with E-state index >= 15 is 0 Å². The van der Waals surface area contributed by atoms with Crippen molar-refractivity contribution in [2.24, 2.45) is 0 Å². The van der Waals surface area contributed by atoms with Crippen LogP contribution in [0.4, 0.5) is 10.8 Å². The van der Waals surface area contributed by atoms with Gasteiger partial charge in [-0.1, -0.05) is 10.4 Å². The third kappa shape index (κ3) is 2.89. The van der Waals surface area contributed by atoms with Gasteiger partial charge in [-0.05, 0) is 19.3 Å². The Morgan fingerprint density at radius 1 is 1.08 bits per heavy atom. The molecule has 2 aromatic heterocycles. The van der Waals surface area contributed by atoms with Crippen molar-refractivity contribution in [2.75, 3.05) is 44.2 Å². The lowest BCUT2D eigenvalue weighted by molar-refractivity contribution is 0.158. The monoisotopic (exact) mass is 358 g/mol. The average Bonchev–Trinajstić information content (AvgIpc) is 3.14. The van der Waals surface area contributed by atoms with E-state index in [2.05, 4.69) is 30.5 Å². The van der Waals surface area contributed by atoms with Crippen LogP contribution < -0.4 is 4.90 Å². The summed E-state index contributed by atoms with van der Waals surface area (Å²) in [6, 6.07) is 0.704. The number of amides is 2. The van der Waals surface area contributed by atoms with E-state index in [1.165, 1.54) is 0 Å². The number of anilines is 1. The van der Waals surface area contributed by atoms with Crippen LogP contribution in [0.2, 0.25) is 0 Å². The van der Waals surface area contributed by atoms with Gasteiger partial charge in [0.2, 0.25) is 0 Å². The maximum atomic E-state index is 12.8. The van der Waals surface area contributed by atoms with E-state index in [-0.39, 0.29) is 6.03 Å². The first-order chi connectivity index (χ1) is 12.8. The Bertz CT molecular complexity index is 763. The largest absolute Gasteiger partial charge is 0.324 e. The molecule has 0 bridgehead atoms. The molecule has 2 aliphatic heterocycles. The molecule has 5 rings (SSSR count). The summed E-state index contributed by atoms with van der Waals surface area (Å²) < 4.78 is 5.39. The molecule has 138 valence electrons. The third-order valence-corrected chi connectivity index (χ3v) is 5.53. The lowest BCUT2D eigenvalue weighted by atomic mass is 10.1. The lowest BCUT2D eigenvalue weighted by Gasteiger charge is -2.35. The predicted octanol–water partition coefficient (Wildman–Crippen LogP) is 0.797. The molecule has 1 atom stereocenters. The maximum absolute atomic E-state index is 12.8. The maximum Gasteiger partial charge on any atom is 0.324 e. The van der Waals surface area contributed by atoms with Crippen LogP contribution >= 0.6 is 0 Å². The molecule has 2 aromatic rings. The molecule has 0 unspecified atom stereocenters. The lowest BCUT2D eigenvalue weighted by Crippen LogP contribution is -2.52. The van der Waals surface area contributed by atoms with Crippen molar-refractivity contribution < 1.29 is 9.32 Å². The van der Waals surface area contributed by atoms with Crippen LogP contribution in [-0.2, 0) is 0 Å². The van der Waals surface area contributed by atoms with Gasteiger partial charge in [-0.25, -0.2) is 4.79 Å². The molecule has 3 fully saturated rings. The first-order valence-corrected chi connectivity index (χ1v) is 9.26. The second-order valence-corrected chi connectivity index (χ2v) is 7.31. The Balaban J connectivity index is 1.15. The van der Waals surface area contributed by atoms with Gasteiger partial charge in [0.15, 0.2) is 5.82 Å². The van der Waals surface area contributed by atoms with Crippen molar-refractivity contribution in [3.63, 3.8) is 0 Å². The Morgan fingerprint density at radius 2 is 1.92 bits per heavy atom. The van der Waals surface area contributed by atoms with E-state index < -0.39 is 0 Å². The summed E-state index contributed by atoms with van der Waals surface area (Å²) in [6.07, 6.45) is 5.01. The number of hydrogen-bond donors (Lipinski definition) is 1. The molecule has 26 heavy (non-hydrogen) atoms. The standard InChI is InChI=1S/C16H22N8O2/c25-16(24-4-3-12(10-24)13-9-17-21-19-13)23-7-5-22(6-8-23)15-18-14(20-26-15)11-1-2-11/h9,11-12H,1-8,10H2,(H,17,19,21)/t12-/m0/s1. The van der Waals surface area contributed by atoms with E-state index in [1.54, 1.807) is 6.20 Å². The molecule has 0 aromatic carbocycles. The van der Waals surface area contributed by atoms with Crippen LogP contribution in [0.15, 0.2) is 10.7 Å². The van der Waals surface area contributed by atoms with Crippen molar-refractivity contribution in [1.29, 1.82) is 0 Å². The van der Waals surface area contributed by atoms with E-state index in [0.29, 0.717) is 30.9 Å². The fourth-order valence-electron chi connectivity index (χ4n) is 3.74. The summed E-state index contributed by atoms with van der Waals surface area (Å²) in [5, 5.41) is 14.6. The third-order valence-electron chi connectivity index (χ3n) is 5.53. The van der Waals surface area contributed by atoms with Gasteiger partial charge in [-0.15, -0.1) is 5.10 Å². The zero-order valence-corrected chi connectivity index (χ0v) is 14.5. The van der Waals surface area contributed by atoms with Gasteiger partial charge in [0.05, 0.1) is 11.9 Å². The summed E-state index contributed by atoms with van der Waals surface area (Å²) in [7, 11) is 0. The highest BCUT2D eigenvalue weighted by Crippen LogP contribution is 2.38. The van der Waals surface area contributed by atoms with Gasteiger partial charge in [0, 0.05) is 51.1 Å². The van der Waals surface area contributed by atoms with Gasteiger partial charge in [-0.3, -0.25) is 5.10 Å². The van der Waals surface area contributed by atoms with Gasteiger partial charge in [0.1, 0.15) is 0 Å². The fourth-order valence-corrected chi connectivity index (χ4v) is 3.74. The smallest absolute Gasteiger partial charge is 0.324 e. The first kappa shape index (κ1) is 15.6. The van der Waals surface area contributed by atoms with Crippen molar-refractivity contribution in [1.82, 2.24) is 35.4 Å². The van der Waals surface area contributed by atoms with Gasteiger partial charge in [0.25, 0.3) is 0 Å². The van der Waals surface area contributed by atoms with Crippen LogP contribution in [0.3, 0.4) is 0 Å². The van der Waals surface area contributed by atoms with E-state index in [0.717, 1.165) is 57.0 Å². The minimum absolute atomic E-state index is 0.115. The molecule has 10 nitrogen and oxygen atoms in total. The second kappa shape index (κ2) is 6.26. The Labute approximate surface area is 150 Å². The summed E-state index contributed by atoms with van der Waals surface area (Å²) >= 11 is 0. The molecule has 3 aliphatic rings. The number of carbonyl (C=O) groups is 1. The second-order valence-electron chi connectivity index (χ2n) is 7.31. The first-order valence-electron chi connectivity index (χ1n) is 9.26. The molecular weight excluding hydrogens is 336 g/mol. The van der Waals surface area contributed by atoms with Crippen molar-refractivity contribution in [3.8, 4) is 0 Å². The number of nitrogens with zero attached hydrogens (tertiary/aromatic N) is 7. The predicted molar refractivity (Wildman–Crippen MR) is 90.8 cm³/mol. The number of aromatic nitrogens is 5. The number of nitrogens with one attached hydrogen (secondary N) is 1. The van der Waals surface area contributed by atoms with Crippen LogP contribution in [-0.4, -0.2) is 80.7 Å². The minimum atomic E-state index is 0.115. The summed E-state index contributed by atoms with van der Waals surface area (Å²) in [6.45, 7) is 4.29. The quantitative estimate of drug-likeness (QED) is 0.864. The van der Waals surface area contributed by atoms with Gasteiger partial charge >= 0.3 is 12.0 Å². The zero-order valence-electron chi connectivity index (χ0n) is 14.5. The molecule has 1 aliphatic carbocycles. The summed E-state index contributed by atoms with van der Waals surface area (Å²) in [4.78, 5) is 23.2. The highest BCUT2D eigenvalue weighted by atomic mass is 16.5. The zero-order chi connectivity index (χ0) is 17.5. The Kier molecular flexibility index (Phi) is 3.75. The van der Waals surface area contributed by atoms with Crippen LogP contribution in [0, 0.1) is 0 Å². The van der Waals surface area contributed by atoms with E-state index in [1.807, 2.05) is 9.80 Å². The van der Waals surface area contributed by atoms with Gasteiger partial charge in [-0.2, -0.15) is 4.98 Å². The van der Waals surface area contributed by atoms with Crippen LogP contribution in [0.1, 0.15) is 42.6 Å². The number of H-pyrrole nitrogens is 1. The minimum Gasteiger partial charge on any atom is -0.324 e. The van der Waals surface area contributed by atoms with E-state index in [9.17, 15) is 4.79 Å². The normalized spacial score (nSPS) is 23.7. The summed E-state index contributed by atoms with van der Waals surface area (Å²) in [5.41, 5.74) is 1.01. The molecule has 2 amide bonds. The Hall–Kier alpha value is -2.65.